The highest BCUT2D eigenvalue weighted by atomic mass is 35.5. The van der Waals surface area contributed by atoms with Gasteiger partial charge in [0.2, 0.25) is 0 Å². The summed E-state index contributed by atoms with van der Waals surface area (Å²) < 4.78 is 5.02. The number of nitrogens with two attached hydrogens (primary N) is 1. The standard InChI is InChI=1S/C10H15ClN4O/c1-3-4-15(5-6-16-2)10-8(12)9(11)13-7-14-10/h3,7H,1,4-6,12H2,2H3. The number of aromatic nitrogens is 2. The molecule has 0 amide bonds. The molecule has 1 aromatic heterocycles. The maximum atomic E-state index is 5.83. The summed E-state index contributed by atoms with van der Waals surface area (Å²) in [6.07, 6.45) is 3.15. The van der Waals surface area contributed by atoms with Crippen molar-refractivity contribution in [3.8, 4) is 0 Å². The minimum Gasteiger partial charge on any atom is -0.393 e. The maximum absolute atomic E-state index is 5.83. The van der Waals surface area contributed by atoms with Gasteiger partial charge >= 0.3 is 0 Å². The van der Waals surface area contributed by atoms with Crippen LogP contribution in [0.3, 0.4) is 0 Å². The van der Waals surface area contributed by atoms with Gasteiger partial charge in [-0.15, -0.1) is 6.58 Å². The molecule has 2 N–H and O–H groups in total. The minimum absolute atomic E-state index is 0.261. The third-order valence-corrected chi connectivity index (χ3v) is 2.33. The number of hydrogen-bond acceptors (Lipinski definition) is 5. The second kappa shape index (κ2) is 6.30. The predicted molar refractivity (Wildman–Crippen MR) is 65.7 cm³/mol. The van der Waals surface area contributed by atoms with Crippen molar-refractivity contribution in [2.24, 2.45) is 0 Å². The fourth-order valence-corrected chi connectivity index (χ4v) is 1.39. The van der Waals surface area contributed by atoms with Gasteiger partial charge in [-0.05, 0) is 0 Å². The zero-order chi connectivity index (χ0) is 12.0. The van der Waals surface area contributed by atoms with Gasteiger partial charge in [-0.3, -0.25) is 0 Å². The first-order chi connectivity index (χ1) is 7.70. The number of nitrogen functional groups attached to an aromatic ring is 1. The van der Waals surface area contributed by atoms with Crippen LogP contribution in [0.2, 0.25) is 5.15 Å². The SMILES string of the molecule is C=CCN(CCOC)c1ncnc(Cl)c1N. The lowest BCUT2D eigenvalue weighted by molar-refractivity contribution is 0.205. The van der Waals surface area contributed by atoms with Gasteiger partial charge in [0.25, 0.3) is 0 Å². The monoisotopic (exact) mass is 242 g/mol. The molecule has 6 heteroatoms. The second-order valence-electron chi connectivity index (χ2n) is 3.13. The highest BCUT2D eigenvalue weighted by molar-refractivity contribution is 6.32. The first-order valence-corrected chi connectivity index (χ1v) is 5.19. The molecule has 0 saturated heterocycles. The van der Waals surface area contributed by atoms with Crippen LogP contribution in [0.1, 0.15) is 0 Å². The molecule has 0 spiro atoms. The van der Waals surface area contributed by atoms with E-state index in [1.165, 1.54) is 6.33 Å². The molecule has 0 aliphatic carbocycles. The number of nitrogens with zero attached hydrogens (tertiary/aromatic N) is 3. The van der Waals surface area contributed by atoms with Gasteiger partial charge < -0.3 is 15.4 Å². The smallest absolute Gasteiger partial charge is 0.157 e. The topological polar surface area (TPSA) is 64.3 Å². The first kappa shape index (κ1) is 12.7. The lowest BCUT2D eigenvalue weighted by Gasteiger charge is -2.22. The summed E-state index contributed by atoms with van der Waals surface area (Å²) >= 11 is 5.83. The summed E-state index contributed by atoms with van der Waals surface area (Å²) in [5.41, 5.74) is 6.19. The highest BCUT2D eigenvalue weighted by Crippen LogP contribution is 2.25. The van der Waals surface area contributed by atoms with Crippen molar-refractivity contribution in [3.63, 3.8) is 0 Å². The summed E-state index contributed by atoms with van der Waals surface area (Å²) in [7, 11) is 1.64. The number of methoxy groups -OCH3 is 1. The van der Waals surface area contributed by atoms with E-state index in [9.17, 15) is 0 Å². The van der Waals surface area contributed by atoms with Crippen molar-refractivity contribution < 1.29 is 4.74 Å². The van der Waals surface area contributed by atoms with Gasteiger partial charge in [0.05, 0.1) is 6.61 Å². The molecular formula is C10H15ClN4O. The average molecular weight is 243 g/mol. The second-order valence-corrected chi connectivity index (χ2v) is 3.49. The largest absolute Gasteiger partial charge is 0.393 e. The van der Waals surface area contributed by atoms with Gasteiger partial charge in [0, 0.05) is 20.2 Å². The Bertz CT molecular complexity index is 359. The van der Waals surface area contributed by atoms with E-state index in [1.54, 1.807) is 13.2 Å². The highest BCUT2D eigenvalue weighted by Gasteiger charge is 2.12. The van der Waals surface area contributed by atoms with Crippen LogP contribution in [0.4, 0.5) is 11.5 Å². The molecule has 0 atom stereocenters. The summed E-state index contributed by atoms with van der Waals surface area (Å²) in [6, 6.07) is 0. The van der Waals surface area contributed by atoms with Crippen LogP contribution in [0, 0.1) is 0 Å². The van der Waals surface area contributed by atoms with Gasteiger partial charge in [-0.2, -0.15) is 0 Å². The fraction of sp³-hybridized carbons (Fsp3) is 0.400. The van der Waals surface area contributed by atoms with Crippen molar-refractivity contribution in [2.75, 3.05) is 37.4 Å². The zero-order valence-electron chi connectivity index (χ0n) is 9.19. The van der Waals surface area contributed by atoms with E-state index in [0.717, 1.165) is 0 Å². The zero-order valence-corrected chi connectivity index (χ0v) is 9.94. The van der Waals surface area contributed by atoms with Crippen LogP contribution in [0.5, 0.6) is 0 Å². The summed E-state index contributed by atoms with van der Waals surface area (Å²) in [5, 5.41) is 0.261. The molecule has 0 aromatic carbocycles. The van der Waals surface area contributed by atoms with Crippen molar-refractivity contribution in [3.05, 3.63) is 24.1 Å². The number of hydrogen-bond donors (Lipinski definition) is 1. The molecule has 1 rings (SSSR count). The van der Waals surface area contributed by atoms with E-state index in [4.69, 9.17) is 22.1 Å². The minimum atomic E-state index is 0.261. The summed E-state index contributed by atoms with van der Waals surface area (Å²) in [6.45, 7) is 5.56. The first-order valence-electron chi connectivity index (χ1n) is 4.81. The van der Waals surface area contributed by atoms with Gasteiger partial charge in [-0.1, -0.05) is 17.7 Å². The third-order valence-electron chi connectivity index (χ3n) is 2.03. The molecule has 0 radical (unpaired) electrons. The molecule has 1 aromatic rings. The Hall–Kier alpha value is -1.33. The third kappa shape index (κ3) is 3.08. The van der Waals surface area contributed by atoms with Crippen molar-refractivity contribution >= 4 is 23.1 Å². The van der Waals surface area contributed by atoms with Crippen molar-refractivity contribution in [1.29, 1.82) is 0 Å². The molecule has 88 valence electrons. The Labute approximate surface area is 99.9 Å². The van der Waals surface area contributed by atoms with Gasteiger partial charge in [0.15, 0.2) is 11.0 Å². The Balaban J connectivity index is 2.91. The van der Waals surface area contributed by atoms with Crippen molar-refractivity contribution in [2.45, 2.75) is 0 Å². The van der Waals surface area contributed by atoms with E-state index >= 15 is 0 Å². The number of ether oxygens (including phenoxy) is 1. The van der Waals surface area contributed by atoms with E-state index in [2.05, 4.69) is 16.5 Å². The van der Waals surface area contributed by atoms with Crippen LogP contribution in [-0.2, 0) is 4.74 Å². The number of anilines is 2. The van der Waals surface area contributed by atoms with Crippen LogP contribution >= 0.6 is 11.6 Å². The van der Waals surface area contributed by atoms with E-state index in [-0.39, 0.29) is 5.15 Å². The van der Waals surface area contributed by atoms with Gasteiger partial charge in [0.1, 0.15) is 12.0 Å². The lowest BCUT2D eigenvalue weighted by atomic mass is 10.4. The van der Waals surface area contributed by atoms with Crippen molar-refractivity contribution in [1.82, 2.24) is 9.97 Å². The number of halogens is 1. The van der Waals surface area contributed by atoms with Gasteiger partial charge in [-0.25, -0.2) is 9.97 Å². The maximum Gasteiger partial charge on any atom is 0.157 e. The predicted octanol–water partition coefficient (Wildman–Crippen LogP) is 1.35. The fourth-order valence-electron chi connectivity index (χ4n) is 1.26. The molecule has 1 heterocycles. The van der Waals surface area contributed by atoms with Crippen LogP contribution in [-0.4, -0.2) is 36.8 Å². The molecule has 0 fully saturated rings. The molecule has 0 aliphatic rings. The van der Waals surface area contributed by atoms with E-state index in [0.29, 0.717) is 31.2 Å². The number of rotatable bonds is 6. The summed E-state index contributed by atoms with van der Waals surface area (Å²) in [4.78, 5) is 9.85. The van der Waals surface area contributed by atoms with Crippen LogP contribution < -0.4 is 10.6 Å². The Morgan fingerprint density at radius 3 is 3.00 bits per heavy atom. The normalized spacial score (nSPS) is 10.1. The lowest BCUT2D eigenvalue weighted by Crippen LogP contribution is -2.29. The molecular weight excluding hydrogens is 228 g/mol. The summed E-state index contributed by atoms with van der Waals surface area (Å²) in [5.74, 6) is 0.608. The van der Waals surface area contributed by atoms with E-state index in [1.807, 2.05) is 4.90 Å². The quantitative estimate of drug-likeness (QED) is 0.603. The molecule has 16 heavy (non-hydrogen) atoms. The Morgan fingerprint density at radius 2 is 2.38 bits per heavy atom. The van der Waals surface area contributed by atoms with E-state index < -0.39 is 0 Å². The molecule has 0 aliphatic heterocycles. The molecule has 0 bridgehead atoms. The molecule has 5 nitrogen and oxygen atoms in total. The molecule has 0 saturated carbocycles. The Kier molecular flexibility index (Phi) is 5.01. The Morgan fingerprint density at radius 1 is 1.62 bits per heavy atom. The average Bonchev–Trinajstić information content (AvgIpc) is 2.28. The van der Waals surface area contributed by atoms with Crippen LogP contribution in [0.25, 0.3) is 0 Å². The molecule has 0 unspecified atom stereocenters. The van der Waals surface area contributed by atoms with Crippen LogP contribution in [0.15, 0.2) is 19.0 Å².